The Kier molecular flexibility index (Phi) is 4.22. The molecule has 7 nitrogen and oxygen atoms in total. The van der Waals surface area contributed by atoms with Gasteiger partial charge in [0.2, 0.25) is 0 Å². The number of benzene rings is 1. The van der Waals surface area contributed by atoms with Crippen LogP contribution in [-0.4, -0.2) is 38.2 Å². The number of carbonyl (C=O) groups excluding carboxylic acids is 1. The summed E-state index contributed by atoms with van der Waals surface area (Å²) in [5.74, 6) is -1.32. The highest BCUT2D eigenvalue weighted by atomic mass is 16.4. The number of hydrogen-bond donors (Lipinski definition) is 3. The summed E-state index contributed by atoms with van der Waals surface area (Å²) >= 11 is 0. The lowest BCUT2D eigenvalue weighted by atomic mass is 10.1. The quantitative estimate of drug-likeness (QED) is 0.762. The normalized spacial score (nSPS) is 10.3. The van der Waals surface area contributed by atoms with Crippen LogP contribution in [0.3, 0.4) is 0 Å². The van der Waals surface area contributed by atoms with E-state index in [0.29, 0.717) is 24.2 Å². The first-order valence-corrected chi connectivity index (χ1v) is 6.30. The van der Waals surface area contributed by atoms with Crippen molar-refractivity contribution in [3.05, 3.63) is 47.5 Å². The topological polar surface area (TPSA) is 104 Å². The Hall–Kier alpha value is -2.83. The number of aromatic nitrogens is 2. The average Bonchev–Trinajstić information content (AvgIpc) is 2.91. The summed E-state index contributed by atoms with van der Waals surface area (Å²) in [4.78, 5) is 26.3. The van der Waals surface area contributed by atoms with E-state index in [1.807, 2.05) is 0 Å². The first-order valence-electron chi connectivity index (χ1n) is 6.30. The minimum Gasteiger partial charge on any atom is -0.508 e. The van der Waals surface area contributed by atoms with Crippen LogP contribution in [0.1, 0.15) is 26.4 Å². The zero-order valence-electron chi connectivity index (χ0n) is 11.4. The Morgan fingerprint density at radius 1 is 1.38 bits per heavy atom. The van der Waals surface area contributed by atoms with Gasteiger partial charge in [-0.05, 0) is 24.6 Å². The van der Waals surface area contributed by atoms with Crippen LogP contribution in [-0.2, 0) is 6.54 Å². The van der Waals surface area contributed by atoms with Crippen LogP contribution in [0.4, 0.5) is 0 Å². The number of aryl methyl sites for hydroxylation is 1. The Balaban J connectivity index is 1.88. The molecule has 0 unspecified atom stereocenters. The molecule has 2 aromatic rings. The molecule has 0 aliphatic rings. The number of carboxylic acids is 1. The molecule has 0 radical (unpaired) electrons. The van der Waals surface area contributed by atoms with Gasteiger partial charge in [0.15, 0.2) is 5.69 Å². The molecule has 21 heavy (non-hydrogen) atoms. The molecule has 110 valence electrons. The predicted octanol–water partition coefficient (Wildman–Crippen LogP) is 1.03. The van der Waals surface area contributed by atoms with Gasteiger partial charge < -0.3 is 20.1 Å². The number of aromatic carboxylic acids is 1. The molecule has 1 aromatic carbocycles. The standard InChI is InChI=1S/C14H15N3O4/c1-9-2-3-10(6-12(9)18)13(19)15-4-5-17-7-11(14(20)21)16-8-17/h2-3,6-8,18H,4-5H2,1H3,(H,15,19)(H,20,21). The van der Waals surface area contributed by atoms with Crippen molar-refractivity contribution in [3.63, 3.8) is 0 Å². The lowest BCUT2D eigenvalue weighted by molar-refractivity contribution is 0.0690. The van der Waals surface area contributed by atoms with Crippen LogP contribution in [0.2, 0.25) is 0 Å². The van der Waals surface area contributed by atoms with Crippen LogP contribution >= 0.6 is 0 Å². The Labute approximate surface area is 120 Å². The van der Waals surface area contributed by atoms with Crippen molar-refractivity contribution in [2.45, 2.75) is 13.5 Å². The van der Waals surface area contributed by atoms with E-state index in [-0.39, 0.29) is 17.4 Å². The van der Waals surface area contributed by atoms with E-state index < -0.39 is 5.97 Å². The number of carboxylic acid groups (broad SMARTS) is 1. The van der Waals surface area contributed by atoms with Gasteiger partial charge in [-0.15, -0.1) is 0 Å². The van der Waals surface area contributed by atoms with E-state index in [9.17, 15) is 14.7 Å². The molecule has 7 heteroatoms. The Bertz CT molecular complexity index is 679. The van der Waals surface area contributed by atoms with E-state index in [1.54, 1.807) is 23.6 Å². The maximum atomic E-state index is 11.9. The third kappa shape index (κ3) is 3.59. The summed E-state index contributed by atoms with van der Waals surface area (Å²) in [5, 5.41) is 21.0. The van der Waals surface area contributed by atoms with Gasteiger partial charge in [-0.3, -0.25) is 4.79 Å². The number of imidazole rings is 1. The largest absolute Gasteiger partial charge is 0.508 e. The highest BCUT2D eigenvalue weighted by Gasteiger charge is 2.08. The summed E-state index contributed by atoms with van der Waals surface area (Å²) in [6.45, 7) is 2.48. The Morgan fingerprint density at radius 3 is 2.76 bits per heavy atom. The minimum atomic E-state index is -1.09. The smallest absolute Gasteiger partial charge is 0.356 e. The second-order valence-corrected chi connectivity index (χ2v) is 4.56. The van der Waals surface area contributed by atoms with Crippen molar-refractivity contribution < 1.29 is 19.8 Å². The summed E-state index contributed by atoms with van der Waals surface area (Å²) in [5.41, 5.74) is 1.03. The maximum absolute atomic E-state index is 11.9. The number of hydrogen-bond acceptors (Lipinski definition) is 4. The molecule has 0 fully saturated rings. The second-order valence-electron chi connectivity index (χ2n) is 4.56. The molecule has 3 N–H and O–H groups in total. The van der Waals surface area contributed by atoms with Gasteiger partial charge in [0, 0.05) is 24.8 Å². The average molecular weight is 289 g/mol. The molecule has 0 aliphatic heterocycles. The van der Waals surface area contributed by atoms with Gasteiger partial charge >= 0.3 is 5.97 Å². The number of aromatic hydroxyl groups is 1. The van der Waals surface area contributed by atoms with Crippen LogP contribution in [0, 0.1) is 6.92 Å². The van der Waals surface area contributed by atoms with Crippen molar-refractivity contribution >= 4 is 11.9 Å². The van der Waals surface area contributed by atoms with Crippen LogP contribution in [0.5, 0.6) is 5.75 Å². The van der Waals surface area contributed by atoms with Gasteiger partial charge in [-0.25, -0.2) is 9.78 Å². The van der Waals surface area contributed by atoms with Crippen LogP contribution < -0.4 is 5.32 Å². The highest BCUT2D eigenvalue weighted by molar-refractivity contribution is 5.94. The minimum absolute atomic E-state index is 0.0372. The molecule has 0 aliphatic carbocycles. The summed E-state index contributed by atoms with van der Waals surface area (Å²) < 4.78 is 1.58. The number of carbonyl (C=O) groups is 2. The lowest BCUT2D eigenvalue weighted by Crippen LogP contribution is -2.26. The fourth-order valence-corrected chi connectivity index (χ4v) is 1.74. The molecule has 0 saturated carbocycles. The number of rotatable bonds is 5. The number of amides is 1. The third-order valence-electron chi connectivity index (χ3n) is 2.98. The summed E-state index contributed by atoms with van der Waals surface area (Å²) in [7, 11) is 0. The molecular weight excluding hydrogens is 274 g/mol. The van der Waals surface area contributed by atoms with E-state index in [2.05, 4.69) is 10.3 Å². The molecule has 1 aromatic heterocycles. The van der Waals surface area contributed by atoms with Crippen molar-refractivity contribution in [2.75, 3.05) is 6.54 Å². The van der Waals surface area contributed by atoms with E-state index in [4.69, 9.17) is 5.11 Å². The Morgan fingerprint density at radius 2 is 2.14 bits per heavy atom. The van der Waals surface area contributed by atoms with Gasteiger partial charge in [0.25, 0.3) is 5.91 Å². The fraction of sp³-hybridized carbons (Fsp3) is 0.214. The second kappa shape index (κ2) is 6.08. The van der Waals surface area contributed by atoms with Crippen LogP contribution in [0.25, 0.3) is 0 Å². The summed E-state index contributed by atoms with van der Waals surface area (Å²) in [6, 6.07) is 4.70. The van der Waals surface area contributed by atoms with Crippen molar-refractivity contribution in [2.24, 2.45) is 0 Å². The molecule has 1 heterocycles. The zero-order chi connectivity index (χ0) is 15.4. The predicted molar refractivity (Wildman–Crippen MR) is 74.4 cm³/mol. The lowest BCUT2D eigenvalue weighted by Gasteiger charge is -2.07. The number of nitrogens with one attached hydrogen (secondary N) is 1. The first kappa shape index (κ1) is 14.6. The van der Waals surface area contributed by atoms with Crippen molar-refractivity contribution in [3.8, 4) is 5.75 Å². The number of phenolic OH excluding ortho intramolecular Hbond substituents is 1. The summed E-state index contributed by atoms with van der Waals surface area (Å²) in [6.07, 6.45) is 2.79. The monoisotopic (exact) mass is 289 g/mol. The highest BCUT2D eigenvalue weighted by Crippen LogP contribution is 2.17. The van der Waals surface area contributed by atoms with Crippen molar-refractivity contribution in [1.82, 2.24) is 14.9 Å². The van der Waals surface area contributed by atoms with E-state index in [1.165, 1.54) is 18.6 Å². The molecular formula is C14H15N3O4. The fourth-order valence-electron chi connectivity index (χ4n) is 1.74. The molecule has 1 amide bonds. The van der Waals surface area contributed by atoms with Gasteiger partial charge in [0.05, 0.1) is 6.33 Å². The van der Waals surface area contributed by atoms with Gasteiger partial charge in [-0.2, -0.15) is 0 Å². The zero-order valence-corrected chi connectivity index (χ0v) is 11.4. The molecule has 0 spiro atoms. The first-order chi connectivity index (χ1) is 9.97. The molecule has 0 bridgehead atoms. The molecule has 0 saturated heterocycles. The third-order valence-corrected chi connectivity index (χ3v) is 2.98. The van der Waals surface area contributed by atoms with Gasteiger partial charge in [-0.1, -0.05) is 6.07 Å². The number of phenols is 1. The van der Waals surface area contributed by atoms with E-state index in [0.717, 1.165) is 0 Å². The van der Waals surface area contributed by atoms with E-state index >= 15 is 0 Å². The molecule has 2 rings (SSSR count). The molecule has 0 atom stereocenters. The van der Waals surface area contributed by atoms with Crippen molar-refractivity contribution in [1.29, 1.82) is 0 Å². The SMILES string of the molecule is Cc1ccc(C(=O)NCCn2cnc(C(=O)O)c2)cc1O. The number of nitrogens with zero attached hydrogens (tertiary/aromatic N) is 2. The van der Waals surface area contributed by atoms with Gasteiger partial charge in [0.1, 0.15) is 5.75 Å². The maximum Gasteiger partial charge on any atom is 0.356 e. The van der Waals surface area contributed by atoms with Crippen LogP contribution in [0.15, 0.2) is 30.7 Å².